The van der Waals surface area contributed by atoms with E-state index in [1.165, 1.54) is 6.33 Å². The molecule has 1 N–H and O–H groups in total. The summed E-state index contributed by atoms with van der Waals surface area (Å²) in [7, 11) is 0. The zero-order valence-corrected chi connectivity index (χ0v) is 24.7. The van der Waals surface area contributed by atoms with Gasteiger partial charge in [0, 0.05) is 18.0 Å². The van der Waals surface area contributed by atoms with Crippen LogP contribution in [0.1, 0.15) is 94.1 Å². The van der Waals surface area contributed by atoms with Gasteiger partial charge >= 0.3 is 0 Å². The van der Waals surface area contributed by atoms with Crippen molar-refractivity contribution in [3.8, 4) is 17.2 Å². The monoisotopic (exact) mass is 565 g/mol. The zero-order valence-electron chi connectivity index (χ0n) is 24.7. The maximum absolute atomic E-state index is 14.4. The summed E-state index contributed by atoms with van der Waals surface area (Å²) in [5.74, 6) is 0.590. The fourth-order valence-corrected chi connectivity index (χ4v) is 7.01. The van der Waals surface area contributed by atoms with E-state index >= 15 is 0 Å². The first kappa shape index (κ1) is 28.3. The van der Waals surface area contributed by atoms with Crippen LogP contribution in [0.5, 0.6) is 0 Å². The quantitative estimate of drug-likeness (QED) is 0.305. The number of rotatable bonds is 7. The topological polar surface area (TPSA) is 105 Å². The number of aromatic nitrogens is 4. The van der Waals surface area contributed by atoms with Crippen molar-refractivity contribution >= 4 is 5.78 Å². The third kappa shape index (κ3) is 5.16. The summed E-state index contributed by atoms with van der Waals surface area (Å²) in [6.45, 7) is 5.74. The van der Waals surface area contributed by atoms with Crippen molar-refractivity contribution in [1.82, 2.24) is 19.2 Å². The average molecular weight is 566 g/mol. The van der Waals surface area contributed by atoms with E-state index in [9.17, 15) is 15.2 Å². The molecule has 0 amide bonds. The molecule has 2 aromatic carbocycles. The number of hydrogen-bond donors (Lipinski definition) is 1. The fraction of sp³-hybridized carbons (Fsp3) is 0.471. The average Bonchev–Trinajstić information content (AvgIpc) is 3.64. The van der Waals surface area contributed by atoms with Crippen molar-refractivity contribution in [3.63, 3.8) is 0 Å². The molecule has 8 nitrogen and oxygen atoms in total. The number of ether oxygens (including phenoxy) is 1. The summed E-state index contributed by atoms with van der Waals surface area (Å²) in [6.07, 6.45) is 8.45. The van der Waals surface area contributed by atoms with E-state index in [0.717, 1.165) is 67.3 Å². The molecule has 8 heteroatoms. The van der Waals surface area contributed by atoms with Gasteiger partial charge in [-0.25, -0.2) is 4.52 Å². The van der Waals surface area contributed by atoms with Crippen molar-refractivity contribution in [2.75, 3.05) is 0 Å². The van der Waals surface area contributed by atoms with Crippen LogP contribution in [0.3, 0.4) is 0 Å². The molecule has 1 atom stereocenters. The van der Waals surface area contributed by atoms with Crippen LogP contribution in [0.25, 0.3) is 16.9 Å². The molecule has 1 unspecified atom stereocenters. The predicted molar refractivity (Wildman–Crippen MR) is 161 cm³/mol. The van der Waals surface area contributed by atoms with Gasteiger partial charge in [0.25, 0.3) is 5.56 Å². The van der Waals surface area contributed by atoms with Crippen molar-refractivity contribution in [2.24, 2.45) is 0 Å². The Labute approximate surface area is 246 Å². The predicted octanol–water partition coefficient (Wildman–Crippen LogP) is 5.78. The van der Waals surface area contributed by atoms with Crippen molar-refractivity contribution in [2.45, 2.75) is 102 Å². The molecule has 1 spiro atoms. The molecule has 1 aliphatic heterocycles. The Balaban J connectivity index is 1.35. The summed E-state index contributed by atoms with van der Waals surface area (Å²) in [5, 5.41) is 25.1. The Morgan fingerprint density at radius 2 is 1.86 bits per heavy atom. The molecule has 1 aliphatic carbocycles. The molecule has 42 heavy (non-hydrogen) atoms. The van der Waals surface area contributed by atoms with Crippen LogP contribution in [-0.2, 0) is 17.6 Å². The molecule has 1 saturated carbocycles. The van der Waals surface area contributed by atoms with Gasteiger partial charge in [0.1, 0.15) is 6.33 Å². The van der Waals surface area contributed by atoms with E-state index in [1.54, 1.807) is 0 Å². The summed E-state index contributed by atoms with van der Waals surface area (Å²) < 4.78 is 10.2. The Morgan fingerprint density at radius 3 is 2.52 bits per heavy atom. The number of fused-ring (bicyclic) bond motifs is 1. The van der Waals surface area contributed by atoms with Crippen molar-refractivity contribution in [3.05, 3.63) is 87.6 Å². The minimum atomic E-state index is -0.861. The summed E-state index contributed by atoms with van der Waals surface area (Å²) in [4.78, 5) is 18.9. The lowest BCUT2D eigenvalue weighted by molar-refractivity contribution is -0.135. The van der Waals surface area contributed by atoms with Crippen molar-refractivity contribution in [1.29, 1.82) is 5.26 Å². The van der Waals surface area contributed by atoms with Gasteiger partial charge in [-0.3, -0.25) is 9.36 Å². The standard InChI is InChI=1S/C34H39N5O3/c1-4-8-29-28(20-23-11-12-27(25(19-23)21-35)24-9-6-5-7-10-24)31(40)38(32-36-22-37-39(29)32)26-13-16-34(17-14-26)18-15-30(42-34)33(2,3)41/h5-7,9-12,19,22,26,30,41H,4,8,13-18,20H2,1-3H3. The summed E-state index contributed by atoms with van der Waals surface area (Å²) >= 11 is 0. The first-order valence-corrected chi connectivity index (χ1v) is 15.2. The maximum Gasteiger partial charge on any atom is 0.259 e. The number of benzene rings is 2. The molecular weight excluding hydrogens is 526 g/mol. The van der Waals surface area contributed by atoms with E-state index in [1.807, 2.05) is 71.5 Å². The highest BCUT2D eigenvalue weighted by Gasteiger charge is 2.47. The number of nitriles is 1. The molecule has 218 valence electrons. The van der Waals surface area contributed by atoms with Crippen LogP contribution >= 0.6 is 0 Å². The van der Waals surface area contributed by atoms with Gasteiger partial charge in [0.2, 0.25) is 5.78 Å². The smallest absolute Gasteiger partial charge is 0.259 e. The van der Waals surface area contributed by atoms with Crippen LogP contribution in [0.15, 0.2) is 59.7 Å². The van der Waals surface area contributed by atoms with E-state index in [0.29, 0.717) is 29.7 Å². The second-order valence-corrected chi connectivity index (χ2v) is 12.6. The normalized spacial score (nSPS) is 22.5. The van der Waals surface area contributed by atoms with E-state index in [2.05, 4.69) is 23.1 Å². The lowest BCUT2D eigenvalue weighted by atomic mass is 9.80. The second kappa shape index (κ2) is 11.1. The second-order valence-electron chi connectivity index (χ2n) is 12.6. The SMILES string of the molecule is CCCc1c(Cc2ccc(-c3ccccc3)c(C#N)c2)c(=O)n(C2CCC3(CC2)CCC(C(C)(C)O)O3)c2ncnn12. The molecule has 2 fully saturated rings. The summed E-state index contributed by atoms with van der Waals surface area (Å²) in [6, 6.07) is 18.2. The number of hydrogen-bond acceptors (Lipinski definition) is 6. The minimum Gasteiger partial charge on any atom is -0.388 e. The highest BCUT2D eigenvalue weighted by atomic mass is 16.5. The first-order chi connectivity index (χ1) is 20.2. The Bertz CT molecular complexity index is 1680. The van der Waals surface area contributed by atoms with Gasteiger partial charge < -0.3 is 9.84 Å². The lowest BCUT2D eigenvalue weighted by Crippen LogP contribution is -2.42. The largest absolute Gasteiger partial charge is 0.388 e. The van der Waals surface area contributed by atoms with Gasteiger partial charge in [-0.2, -0.15) is 15.3 Å². The summed E-state index contributed by atoms with van der Waals surface area (Å²) in [5.41, 5.74) is 3.89. The van der Waals surface area contributed by atoms with E-state index in [-0.39, 0.29) is 23.3 Å². The molecule has 2 aromatic heterocycles. The van der Waals surface area contributed by atoms with Gasteiger partial charge in [0.05, 0.1) is 34.6 Å². The van der Waals surface area contributed by atoms with E-state index < -0.39 is 5.60 Å². The number of aliphatic hydroxyl groups is 1. The molecule has 2 aliphatic rings. The van der Waals surface area contributed by atoms with Crippen molar-refractivity contribution < 1.29 is 9.84 Å². The fourth-order valence-electron chi connectivity index (χ4n) is 7.01. The van der Waals surface area contributed by atoms with E-state index in [4.69, 9.17) is 4.74 Å². The van der Waals surface area contributed by atoms with Gasteiger partial charge in [0.15, 0.2) is 0 Å². The Morgan fingerprint density at radius 1 is 1.12 bits per heavy atom. The van der Waals surface area contributed by atoms with Crippen LogP contribution in [0.2, 0.25) is 0 Å². The molecule has 0 radical (unpaired) electrons. The molecular formula is C34H39N5O3. The molecule has 4 aromatic rings. The number of nitrogens with zero attached hydrogens (tertiary/aromatic N) is 5. The molecule has 0 bridgehead atoms. The molecule has 6 rings (SSSR count). The minimum absolute atomic E-state index is 0.0100. The maximum atomic E-state index is 14.4. The third-order valence-electron chi connectivity index (χ3n) is 9.26. The number of aryl methyl sites for hydroxylation is 1. The van der Waals surface area contributed by atoms with Crippen LogP contribution in [0.4, 0.5) is 0 Å². The zero-order chi connectivity index (χ0) is 29.5. The van der Waals surface area contributed by atoms with Crippen LogP contribution in [0, 0.1) is 11.3 Å². The Kier molecular flexibility index (Phi) is 7.50. The first-order valence-electron chi connectivity index (χ1n) is 15.2. The molecule has 1 saturated heterocycles. The lowest BCUT2D eigenvalue weighted by Gasteiger charge is -2.39. The molecule has 3 heterocycles. The van der Waals surface area contributed by atoms with Gasteiger partial charge in [-0.1, -0.05) is 55.8 Å². The highest BCUT2D eigenvalue weighted by molar-refractivity contribution is 5.71. The van der Waals surface area contributed by atoms with Crippen LogP contribution < -0.4 is 5.56 Å². The van der Waals surface area contributed by atoms with Gasteiger partial charge in [-0.15, -0.1) is 0 Å². The highest BCUT2D eigenvalue weighted by Crippen LogP contribution is 2.47. The van der Waals surface area contributed by atoms with Crippen LogP contribution in [-0.4, -0.2) is 41.6 Å². The van der Waals surface area contributed by atoms with Gasteiger partial charge in [-0.05, 0) is 81.5 Å². The Hall–Kier alpha value is -3.80. The third-order valence-corrected chi connectivity index (χ3v) is 9.26.